The van der Waals surface area contributed by atoms with Crippen molar-refractivity contribution in [1.82, 2.24) is 14.5 Å². The van der Waals surface area contributed by atoms with E-state index in [0.29, 0.717) is 10.8 Å². The lowest BCUT2D eigenvalue weighted by atomic mass is 10.2. The molecule has 6 nitrogen and oxygen atoms in total. The van der Waals surface area contributed by atoms with Gasteiger partial charge in [-0.3, -0.25) is 9.52 Å². The molecule has 0 radical (unpaired) electrons. The van der Waals surface area contributed by atoms with Crippen molar-refractivity contribution < 1.29 is 13.7 Å². The highest BCUT2D eigenvalue weighted by molar-refractivity contribution is 7.93. The van der Waals surface area contributed by atoms with E-state index in [9.17, 15) is 9.00 Å². The fourth-order valence-corrected chi connectivity index (χ4v) is 2.64. The van der Waals surface area contributed by atoms with Crippen LogP contribution < -0.4 is 9.46 Å². The minimum Gasteiger partial charge on any atom is -0.497 e. The van der Waals surface area contributed by atoms with E-state index in [1.54, 1.807) is 19.4 Å². The van der Waals surface area contributed by atoms with Crippen LogP contribution in [0.2, 0.25) is 0 Å². The third-order valence-electron chi connectivity index (χ3n) is 2.62. The molecule has 1 atom stereocenters. The molecule has 1 aliphatic heterocycles. The number of ether oxygens (including phenoxy) is 1. The lowest BCUT2D eigenvalue weighted by Gasteiger charge is -2.04. The van der Waals surface area contributed by atoms with E-state index < -0.39 is 11.0 Å². The van der Waals surface area contributed by atoms with Gasteiger partial charge in [-0.1, -0.05) is 0 Å². The lowest BCUT2D eigenvalue weighted by Crippen LogP contribution is -2.17. The third-order valence-corrected chi connectivity index (χ3v) is 3.68. The summed E-state index contributed by atoms with van der Waals surface area (Å²) in [6, 6.07) is 5.45. The summed E-state index contributed by atoms with van der Waals surface area (Å²) in [5.74, 6) is 0.294. The zero-order valence-electron chi connectivity index (χ0n) is 9.41. The van der Waals surface area contributed by atoms with Crippen LogP contribution in [0.25, 0.3) is 15.9 Å². The van der Waals surface area contributed by atoms with Crippen molar-refractivity contribution in [2.75, 3.05) is 7.11 Å². The number of rotatable bonds is 2. The normalized spacial score (nSPS) is 18.8. The molecule has 2 heterocycles. The summed E-state index contributed by atoms with van der Waals surface area (Å²) in [4.78, 5) is 11.2. The largest absolute Gasteiger partial charge is 0.497 e. The highest BCUT2D eigenvalue weighted by Gasteiger charge is 2.23. The molecule has 1 aromatic carbocycles. The first-order valence-electron chi connectivity index (χ1n) is 5.15. The number of nitrogens with zero attached hydrogens (tertiary/aromatic N) is 2. The summed E-state index contributed by atoms with van der Waals surface area (Å²) >= 11 is 0. The third kappa shape index (κ3) is 1.60. The van der Waals surface area contributed by atoms with Crippen molar-refractivity contribution in [3.8, 4) is 5.75 Å². The highest BCUT2D eigenvalue weighted by atomic mass is 32.2. The van der Waals surface area contributed by atoms with Crippen LogP contribution in [0, 0.1) is 0 Å². The molecule has 92 valence electrons. The number of aromatic nitrogens is 2. The minimum absolute atomic E-state index is 0.322. The van der Waals surface area contributed by atoms with Gasteiger partial charge in [-0.2, -0.15) is 5.10 Å². The second-order valence-electron chi connectivity index (χ2n) is 3.70. The Labute approximate surface area is 105 Å². The highest BCUT2D eigenvalue weighted by Crippen LogP contribution is 2.24. The van der Waals surface area contributed by atoms with Crippen LogP contribution in [0.4, 0.5) is 0 Å². The van der Waals surface area contributed by atoms with Crippen LogP contribution in [0.5, 0.6) is 5.75 Å². The summed E-state index contributed by atoms with van der Waals surface area (Å²) < 4.78 is 20.6. The number of hydrogen-bond acceptors (Lipinski definition) is 4. The molecule has 1 unspecified atom stereocenters. The van der Waals surface area contributed by atoms with Gasteiger partial charge in [0, 0.05) is 17.5 Å². The van der Waals surface area contributed by atoms with Crippen LogP contribution >= 0.6 is 0 Å². The minimum atomic E-state index is -1.56. The van der Waals surface area contributed by atoms with Gasteiger partial charge in [0.25, 0.3) is 5.91 Å². The average Bonchev–Trinajstić information content (AvgIpc) is 2.91. The quantitative estimate of drug-likeness (QED) is 0.862. The maximum atomic E-state index is 11.7. The van der Waals surface area contributed by atoms with Crippen molar-refractivity contribution in [1.29, 1.82) is 0 Å². The molecule has 1 aromatic heterocycles. The van der Waals surface area contributed by atoms with Crippen LogP contribution in [0.15, 0.2) is 30.5 Å². The summed E-state index contributed by atoms with van der Waals surface area (Å²) in [5.41, 5.74) is 0.741. The van der Waals surface area contributed by atoms with Crippen molar-refractivity contribution in [3.63, 3.8) is 0 Å². The van der Waals surface area contributed by atoms with Crippen molar-refractivity contribution in [2.45, 2.75) is 0 Å². The molecule has 0 aliphatic carbocycles. The monoisotopic (exact) mass is 263 g/mol. The second-order valence-corrected chi connectivity index (χ2v) is 4.86. The second kappa shape index (κ2) is 3.95. The summed E-state index contributed by atoms with van der Waals surface area (Å²) in [7, 11) is 0.00593. The maximum absolute atomic E-state index is 11.7. The average molecular weight is 263 g/mol. The molecule has 7 heteroatoms. The Balaban J connectivity index is 2.21. The molecule has 18 heavy (non-hydrogen) atoms. The number of methoxy groups -OCH3 is 1. The molecule has 3 rings (SSSR count). The molecule has 0 spiro atoms. The first-order valence-corrected chi connectivity index (χ1v) is 6.30. The standard InChI is InChI=1S/C11H9N3O3S/c1-17-8-3-2-7-6-12-14(9(7)4-8)11-5-10(15)13-18(11)16/h2-6H,1H3,(H,13,15). The summed E-state index contributed by atoms with van der Waals surface area (Å²) in [6.07, 6.45) is 2.93. The molecule has 1 N–H and O–H groups in total. The molecular formula is C11H9N3O3S. The Bertz CT molecular complexity index is 705. The zero-order valence-corrected chi connectivity index (χ0v) is 10.2. The fourth-order valence-electron chi connectivity index (χ4n) is 1.78. The molecule has 0 saturated heterocycles. The van der Waals surface area contributed by atoms with E-state index >= 15 is 0 Å². The van der Waals surface area contributed by atoms with Crippen molar-refractivity contribution in [3.05, 3.63) is 30.5 Å². The lowest BCUT2D eigenvalue weighted by molar-refractivity contribution is -0.114. The van der Waals surface area contributed by atoms with E-state index in [2.05, 4.69) is 9.82 Å². The predicted octanol–water partition coefficient (Wildman–Crippen LogP) is 0.637. The van der Waals surface area contributed by atoms with E-state index in [1.165, 1.54) is 10.8 Å². The molecular weight excluding hydrogens is 254 g/mol. The van der Waals surface area contributed by atoms with Crippen LogP contribution in [0.1, 0.15) is 0 Å². The molecule has 1 amide bonds. The fraction of sp³-hybridized carbons (Fsp3) is 0.0909. The Morgan fingerprint density at radius 3 is 2.94 bits per heavy atom. The molecule has 0 saturated carbocycles. The van der Waals surface area contributed by atoms with Gasteiger partial charge < -0.3 is 4.74 Å². The van der Waals surface area contributed by atoms with Gasteiger partial charge in [0.2, 0.25) is 0 Å². The van der Waals surface area contributed by atoms with Gasteiger partial charge in [0.15, 0.2) is 16.0 Å². The van der Waals surface area contributed by atoms with E-state index in [-0.39, 0.29) is 5.91 Å². The van der Waals surface area contributed by atoms with E-state index in [1.807, 2.05) is 12.1 Å². The Kier molecular flexibility index (Phi) is 2.41. The molecule has 0 fully saturated rings. The van der Waals surface area contributed by atoms with Crippen molar-refractivity contribution in [2.24, 2.45) is 0 Å². The molecule has 1 aliphatic rings. The van der Waals surface area contributed by atoms with Gasteiger partial charge >= 0.3 is 0 Å². The topological polar surface area (TPSA) is 73.2 Å². The first-order chi connectivity index (χ1) is 8.69. The Morgan fingerprint density at radius 2 is 2.28 bits per heavy atom. The van der Waals surface area contributed by atoms with Gasteiger partial charge in [-0.15, -0.1) is 0 Å². The van der Waals surface area contributed by atoms with Gasteiger partial charge in [0.1, 0.15) is 5.75 Å². The maximum Gasteiger partial charge on any atom is 0.258 e. The molecule has 0 bridgehead atoms. The zero-order chi connectivity index (χ0) is 12.7. The first kappa shape index (κ1) is 11.0. The van der Waals surface area contributed by atoms with E-state index in [0.717, 1.165) is 10.9 Å². The van der Waals surface area contributed by atoms with Gasteiger partial charge in [-0.25, -0.2) is 8.89 Å². The Hall–Kier alpha value is -2.15. The number of benzene rings is 1. The van der Waals surface area contributed by atoms with Gasteiger partial charge in [-0.05, 0) is 12.1 Å². The van der Waals surface area contributed by atoms with E-state index in [4.69, 9.17) is 4.74 Å². The number of nitrogens with one attached hydrogen (secondary N) is 1. The summed E-state index contributed by atoms with van der Waals surface area (Å²) in [5, 5.41) is 5.35. The van der Waals surface area contributed by atoms with Crippen LogP contribution in [-0.4, -0.2) is 27.0 Å². The van der Waals surface area contributed by atoms with Gasteiger partial charge in [0.05, 0.1) is 18.8 Å². The SMILES string of the molecule is COc1ccc2cnn(C3=CC(=O)NS3=O)c2c1. The number of carbonyl (C=O) groups is 1. The predicted molar refractivity (Wildman–Crippen MR) is 66.8 cm³/mol. The van der Waals surface area contributed by atoms with Crippen LogP contribution in [-0.2, 0) is 15.8 Å². The summed E-state index contributed by atoms with van der Waals surface area (Å²) in [6.45, 7) is 0. The number of hydrogen-bond donors (Lipinski definition) is 1. The Morgan fingerprint density at radius 1 is 1.44 bits per heavy atom. The van der Waals surface area contributed by atoms with Crippen LogP contribution in [0.3, 0.4) is 0 Å². The number of fused-ring (bicyclic) bond motifs is 1. The smallest absolute Gasteiger partial charge is 0.258 e. The molecule has 2 aromatic rings. The number of carbonyl (C=O) groups excluding carboxylic acids is 1. The number of amides is 1. The van der Waals surface area contributed by atoms with Crippen molar-refractivity contribution >= 4 is 32.8 Å².